The van der Waals surface area contributed by atoms with Gasteiger partial charge in [-0.15, -0.1) is 11.3 Å². The topological polar surface area (TPSA) is 66.7 Å². The van der Waals surface area contributed by atoms with Crippen molar-refractivity contribution < 1.29 is 12.9 Å². The van der Waals surface area contributed by atoms with Crippen LogP contribution in [0.3, 0.4) is 0 Å². The van der Waals surface area contributed by atoms with Gasteiger partial charge in [0.05, 0.1) is 11.3 Å². The van der Waals surface area contributed by atoms with Gasteiger partial charge in [0, 0.05) is 30.6 Å². The predicted molar refractivity (Wildman–Crippen MR) is 99.4 cm³/mol. The predicted octanol–water partition coefficient (Wildman–Crippen LogP) is 3.12. The van der Waals surface area contributed by atoms with E-state index in [-0.39, 0.29) is 0 Å². The Balaban J connectivity index is 1.84. The number of sulfonamides is 1. The molecule has 2 aromatic rings. The van der Waals surface area contributed by atoms with Crippen LogP contribution < -0.4 is 0 Å². The molecule has 6 nitrogen and oxygen atoms in total. The van der Waals surface area contributed by atoms with Crippen LogP contribution in [0.1, 0.15) is 31.7 Å². The van der Waals surface area contributed by atoms with E-state index in [1.54, 1.807) is 10.4 Å². The first kappa shape index (κ1) is 18.6. The van der Waals surface area contributed by atoms with Crippen LogP contribution in [0.2, 0.25) is 0 Å². The fourth-order valence-corrected chi connectivity index (χ4v) is 6.30. The van der Waals surface area contributed by atoms with Gasteiger partial charge in [-0.2, -0.15) is 4.31 Å². The smallest absolute Gasteiger partial charge is 0.252 e. The number of aromatic nitrogens is 1. The quantitative estimate of drug-likeness (QED) is 0.811. The van der Waals surface area contributed by atoms with Crippen LogP contribution in [0.5, 0.6) is 0 Å². The summed E-state index contributed by atoms with van der Waals surface area (Å²) < 4.78 is 33.3. The molecule has 0 bridgehead atoms. The van der Waals surface area contributed by atoms with Crippen LogP contribution >= 0.6 is 11.3 Å². The number of hydrogen-bond acceptors (Lipinski definition) is 6. The van der Waals surface area contributed by atoms with Crippen molar-refractivity contribution in [1.29, 1.82) is 0 Å². The number of hydrogen-bond donors (Lipinski definition) is 0. The fraction of sp³-hybridized carbons (Fsp3) is 0.588. The highest BCUT2D eigenvalue weighted by Gasteiger charge is 2.29. The van der Waals surface area contributed by atoms with Crippen LogP contribution in [0.4, 0.5) is 0 Å². The van der Waals surface area contributed by atoms with Gasteiger partial charge in [0.25, 0.3) is 10.0 Å². The van der Waals surface area contributed by atoms with Crippen molar-refractivity contribution in [2.75, 3.05) is 26.2 Å². The molecule has 0 amide bonds. The third-order valence-electron chi connectivity index (χ3n) is 4.68. The lowest BCUT2D eigenvalue weighted by molar-refractivity contribution is 0.233. The molecule has 0 saturated carbocycles. The van der Waals surface area contributed by atoms with E-state index in [0.29, 0.717) is 29.1 Å². The second kappa shape index (κ2) is 7.19. The lowest BCUT2D eigenvalue weighted by Gasteiger charge is -2.24. The zero-order valence-electron chi connectivity index (χ0n) is 15.2. The van der Waals surface area contributed by atoms with Crippen molar-refractivity contribution >= 4 is 21.4 Å². The Labute approximate surface area is 153 Å². The lowest BCUT2D eigenvalue weighted by atomic mass is 10.2. The summed E-state index contributed by atoms with van der Waals surface area (Å²) in [7, 11) is -3.46. The Bertz CT molecular complexity index is 820. The molecule has 3 rings (SSSR count). The number of nitrogens with zero attached hydrogens (tertiary/aromatic N) is 3. The van der Waals surface area contributed by atoms with Crippen molar-refractivity contribution in [3.63, 3.8) is 0 Å². The standard InChI is InChI=1S/C17H25N3O3S2/c1-12(2)19-8-5-9-20(11-10-19)25(21,22)16-7-6-15(24-16)17-13(3)18-23-14(17)4/h6-7,12H,5,8-11H2,1-4H3. The maximum Gasteiger partial charge on any atom is 0.252 e. The zero-order chi connectivity index (χ0) is 18.2. The molecule has 1 aliphatic rings. The van der Waals surface area contributed by atoms with Gasteiger partial charge in [0.15, 0.2) is 0 Å². The summed E-state index contributed by atoms with van der Waals surface area (Å²) in [4.78, 5) is 3.22. The highest BCUT2D eigenvalue weighted by atomic mass is 32.2. The van der Waals surface area contributed by atoms with Gasteiger partial charge in [-0.25, -0.2) is 8.42 Å². The first-order chi connectivity index (χ1) is 11.8. The number of rotatable bonds is 4. The van der Waals surface area contributed by atoms with Crippen molar-refractivity contribution in [3.05, 3.63) is 23.6 Å². The molecule has 138 valence electrons. The summed E-state index contributed by atoms with van der Waals surface area (Å²) in [5, 5.41) is 3.96. The molecule has 0 unspecified atom stereocenters. The largest absolute Gasteiger partial charge is 0.361 e. The van der Waals surface area contributed by atoms with E-state index in [4.69, 9.17) is 4.52 Å². The zero-order valence-corrected chi connectivity index (χ0v) is 16.8. The molecule has 0 aliphatic carbocycles. The Morgan fingerprint density at radius 2 is 1.92 bits per heavy atom. The summed E-state index contributed by atoms with van der Waals surface area (Å²) in [6, 6.07) is 3.99. The second-order valence-corrected chi connectivity index (χ2v) is 9.95. The third kappa shape index (κ3) is 3.67. The normalized spacial score (nSPS) is 18.0. The molecule has 1 fully saturated rings. The van der Waals surface area contributed by atoms with Crippen LogP contribution in [0, 0.1) is 13.8 Å². The third-order valence-corrected chi connectivity index (χ3v) is 8.14. The second-order valence-electron chi connectivity index (χ2n) is 6.71. The summed E-state index contributed by atoms with van der Waals surface area (Å²) in [5.41, 5.74) is 1.68. The molecule has 0 aromatic carbocycles. The molecule has 3 heterocycles. The van der Waals surface area contributed by atoms with E-state index in [2.05, 4.69) is 23.9 Å². The monoisotopic (exact) mass is 383 g/mol. The molecule has 0 N–H and O–H groups in total. The molecule has 8 heteroatoms. The Hall–Kier alpha value is -1.22. The Morgan fingerprint density at radius 1 is 1.16 bits per heavy atom. The van der Waals surface area contributed by atoms with Crippen LogP contribution in [-0.2, 0) is 10.0 Å². The first-order valence-corrected chi connectivity index (χ1v) is 10.8. The molecule has 1 aliphatic heterocycles. The van der Waals surface area contributed by atoms with Gasteiger partial charge in [0.1, 0.15) is 9.97 Å². The minimum atomic E-state index is -3.46. The van der Waals surface area contributed by atoms with Crippen molar-refractivity contribution in [2.45, 2.75) is 44.4 Å². The minimum absolute atomic E-state index is 0.389. The first-order valence-electron chi connectivity index (χ1n) is 8.58. The SMILES string of the molecule is Cc1noc(C)c1-c1ccc(S(=O)(=O)N2CCCN(C(C)C)CC2)s1. The lowest BCUT2D eigenvalue weighted by Crippen LogP contribution is -2.37. The molecule has 25 heavy (non-hydrogen) atoms. The summed E-state index contributed by atoms with van der Waals surface area (Å²) in [6.45, 7) is 10.9. The highest BCUT2D eigenvalue weighted by molar-refractivity contribution is 7.91. The van der Waals surface area contributed by atoms with Gasteiger partial charge >= 0.3 is 0 Å². The van der Waals surface area contributed by atoms with E-state index in [9.17, 15) is 8.42 Å². The van der Waals surface area contributed by atoms with Crippen LogP contribution in [0.15, 0.2) is 20.9 Å². The Morgan fingerprint density at radius 3 is 2.56 bits per heavy atom. The highest BCUT2D eigenvalue weighted by Crippen LogP contribution is 2.35. The van der Waals surface area contributed by atoms with Gasteiger partial charge in [-0.1, -0.05) is 5.16 Å². The minimum Gasteiger partial charge on any atom is -0.361 e. The van der Waals surface area contributed by atoms with Crippen LogP contribution in [0.25, 0.3) is 10.4 Å². The average Bonchev–Trinajstić information content (AvgIpc) is 3.05. The molecule has 1 saturated heterocycles. The fourth-order valence-electron chi connectivity index (χ4n) is 3.23. The van der Waals surface area contributed by atoms with Gasteiger partial charge in [-0.3, -0.25) is 4.90 Å². The molecule has 0 spiro atoms. The number of aryl methyl sites for hydroxylation is 2. The van der Waals surface area contributed by atoms with Gasteiger partial charge < -0.3 is 4.52 Å². The van der Waals surface area contributed by atoms with E-state index < -0.39 is 10.0 Å². The Kier molecular flexibility index (Phi) is 5.34. The van der Waals surface area contributed by atoms with E-state index in [1.165, 1.54) is 11.3 Å². The van der Waals surface area contributed by atoms with E-state index in [0.717, 1.165) is 35.6 Å². The van der Waals surface area contributed by atoms with Gasteiger partial charge in [-0.05, 0) is 52.8 Å². The molecule has 0 atom stereocenters. The maximum absolute atomic E-state index is 13.0. The van der Waals surface area contributed by atoms with Crippen molar-refractivity contribution in [2.24, 2.45) is 0 Å². The van der Waals surface area contributed by atoms with Crippen molar-refractivity contribution in [3.8, 4) is 10.4 Å². The molecule has 0 radical (unpaired) electrons. The summed E-state index contributed by atoms with van der Waals surface area (Å²) in [6.07, 6.45) is 0.861. The molecular weight excluding hydrogens is 358 g/mol. The molecular formula is C17H25N3O3S2. The maximum atomic E-state index is 13.0. The van der Waals surface area contributed by atoms with E-state index in [1.807, 2.05) is 19.9 Å². The average molecular weight is 384 g/mol. The summed E-state index contributed by atoms with van der Waals surface area (Å²) in [5.74, 6) is 0.714. The molecule has 2 aromatic heterocycles. The van der Waals surface area contributed by atoms with Gasteiger partial charge in [0.2, 0.25) is 0 Å². The van der Waals surface area contributed by atoms with Crippen LogP contribution in [-0.4, -0.2) is 55.0 Å². The summed E-state index contributed by atoms with van der Waals surface area (Å²) >= 11 is 1.29. The van der Waals surface area contributed by atoms with Crippen molar-refractivity contribution in [1.82, 2.24) is 14.4 Å². The number of thiophene rings is 1. The van der Waals surface area contributed by atoms with E-state index >= 15 is 0 Å².